The van der Waals surface area contributed by atoms with Crippen molar-refractivity contribution in [2.75, 3.05) is 26.4 Å². The minimum absolute atomic E-state index is 0.258. The summed E-state index contributed by atoms with van der Waals surface area (Å²) in [7, 11) is 0. The van der Waals surface area contributed by atoms with E-state index in [9.17, 15) is 0 Å². The summed E-state index contributed by atoms with van der Waals surface area (Å²) >= 11 is 0. The summed E-state index contributed by atoms with van der Waals surface area (Å²) in [5.41, 5.74) is 0. The number of nitrogens with zero attached hydrogens (tertiary/aromatic N) is 1. The summed E-state index contributed by atoms with van der Waals surface area (Å²) in [6.07, 6.45) is 10.4. The number of hydrogen-bond acceptors (Lipinski definition) is 5. The number of hydrogen-bond donors (Lipinski definition) is 2. The SMILES string of the molecule is OCCCCCON(OCCCCCO)C1CCCC1. The zero-order valence-electron chi connectivity index (χ0n) is 12.6. The van der Waals surface area contributed by atoms with Crippen LogP contribution in [0.3, 0.4) is 0 Å². The first-order chi connectivity index (χ1) is 9.88. The maximum atomic E-state index is 8.74. The van der Waals surface area contributed by atoms with Gasteiger partial charge in [0.15, 0.2) is 0 Å². The van der Waals surface area contributed by atoms with E-state index in [0.717, 1.165) is 51.4 Å². The average Bonchev–Trinajstić information content (AvgIpc) is 2.98. The first-order valence-electron chi connectivity index (χ1n) is 8.15. The lowest BCUT2D eigenvalue weighted by molar-refractivity contribution is -0.388. The molecule has 5 nitrogen and oxygen atoms in total. The highest BCUT2D eigenvalue weighted by Crippen LogP contribution is 2.24. The topological polar surface area (TPSA) is 62.2 Å². The molecule has 0 unspecified atom stereocenters. The summed E-state index contributed by atoms with van der Waals surface area (Å²) in [6.45, 7) is 1.83. The molecule has 0 bridgehead atoms. The van der Waals surface area contributed by atoms with Crippen molar-refractivity contribution in [1.82, 2.24) is 5.23 Å². The van der Waals surface area contributed by atoms with Gasteiger partial charge in [0.25, 0.3) is 0 Å². The molecule has 5 heteroatoms. The highest BCUT2D eigenvalue weighted by molar-refractivity contribution is 4.69. The van der Waals surface area contributed by atoms with Gasteiger partial charge in [0, 0.05) is 13.2 Å². The Labute approximate surface area is 122 Å². The molecule has 1 rings (SSSR count). The molecular weight excluding hydrogens is 258 g/mol. The largest absolute Gasteiger partial charge is 0.396 e. The first kappa shape index (κ1) is 17.9. The summed E-state index contributed by atoms with van der Waals surface area (Å²) in [5.74, 6) is 0. The molecule has 0 radical (unpaired) electrons. The van der Waals surface area contributed by atoms with Crippen LogP contribution < -0.4 is 0 Å². The highest BCUT2D eigenvalue weighted by atomic mass is 16.9. The molecule has 0 heterocycles. The molecule has 2 N–H and O–H groups in total. The van der Waals surface area contributed by atoms with E-state index in [1.165, 1.54) is 12.8 Å². The zero-order chi connectivity index (χ0) is 14.5. The normalized spacial score (nSPS) is 16.4. The van der Waals surface area contributed by atoms with E-state index < -0.39 is 0 Å². The first-order valence-corrected chi connectivity index (χ1v) is 8.15. The van der Waals surface area contributed by atoms with E-state index in [-0.39, 0.29) is 13.2 Å². The van der Waals surface area contributed by atoms with E-state index in [2.05, 4.69) is 0 Å². The Morgan fingerprint density at radius 3 is 1.70 bits per heavy atom. The van der Waals surface area contributed by atoms with Crippen molar-refractivity contribution >= 4 is 0 Å². The lowest BCUT2D eigenvalue weighted by atomic mass is 10.2. The summed E-state index contributed by atoms with van der Waals surface area (Å²) in [4.78, 5) is 11.5. The number of hydroxylamine groups is 2. The van der Waals surface area contributed by atoms with Crippen LogP contribution >= 0.6 is 0 Å². The molecule has 0 aromatic carbocycles. The fraction of sp³-hybridized carbons (Fsp3) is 1.00. The second-order valence-corrected chi connectivity index (χ2v) is 5.46. The van der Waals surface area contributed by atoms with Gasteiger partial charge in [0.2, 0.25) is 0 Å². The van der Waals surface area contributed by atoms with Crippen molar-refractivity contribution in [2.24, 2.45) is 0 Å². The van der Waals surface area contributed by atoms with Gasteiger partial charge in [-0.3, -0.25) is 9.68 Å². The van der Waals surface area contributed by atoms with Crippen LogP contribution in [0, 0.1) is 0 Å². The number of aliphatic hydroxyl groups excluding tert-OH is 2. The van der Waals surface area contributed by atoms with Gasteiger partial charge in [0.1, 0.15) is 0 Å². The second kappa shape index (κ2) is 12.5. The third-order valence-corrected chi connectivity index (χ3v) is 3.66. The molecule has 1 aliphatic carbocycles. The Morgan fingerprint density at radius 1 is 0.750 bits per heavy atom. The minimum atomic E-state index is 0.258. The zero-order valence-corrected chi connectivity index (χ0v) is 12.6. The lowest BCUT2D eigenvalue weighted by Gasteiger charge is -2.26. The molecule has 1 aliphatic rings. The quantitative estimate of drug-likeness (QED) is 0.403. The second-order valence-electron chi connectivity index (χ2n) is 5.46. The Morgan fingerprint density at radius 2 is 1.25 bits per heavy atom. The van der Waals surface area contributed by atoms with Crippen molar-refractivity contribution in [1.29, 1.82) is 0 Å². The van der Waals surface area contributed by atoms with Gasteiger partial charge in [-0.1, -0.05) is 18.1 Å². The summed E-state index contributed by atoms with van der Waals surface area (Å²) < 4.78 is 0. The van der Waals surface area contributed by atoms with Gasteiger partial charge < -0.3 is 10.2 Å². The van der Waals surface area contributed by atoms with E-state index in [0.29, 0.717) is 19.3 Å². The molecule has 0 aliphatic heterocycles. The molecular formula is C15H31NO4. The third kappa shape index (κ3) is 8.17. The maximum Gasteiger partial charge on any atom is 0.0711 e. The highest BCUT2D eigenvalue weighted by Gasteiger charge is 2.24. The molecule has 1 saturated carbocycles. The van der Waals surface area contributed by atoms with Crippen molar-refractivity contribution in [3.63, 3.8) is 0 Å². The van der Waals surface area contributed by atoms with Crippen LogP contribution in [0.5, 0.6) is 0 Å². The maximum absolute atomic E-state index is 8.74. The average molecular weight is 289 g/mol. The molecule has 0 spiro atoms. The van der Waals surface area contributed by atoms with Crippen molar-refractivity contribution in [3.8, 4) is 0 Å². The van der Waals surface area contributed by atoms with Crippen LogP contribution in [0.4, 0.5) is 0 Å². The third-order valence-electron chi connectivity index (χ3n) is 3.66. The van der Waals surface area contributed by atoms with Gasteiger partial charge in [-0.05, 0) is 51.4 Å². The predicted octanol–water partition coefficient (Wildman–Crippen LogP) is 2.42. The van der Waals surface area contributed by atoms with Gasteiger partial charge in [-0.2, -0.15) is 0 Å². The Bertz CT molecular complexity index is 196. The van der Waals surface area contributed by atoms with E-state index in [1.54, 1.807) is 5.23 Å². The van der Waals surface area contributed by atoms with E-state index >= 15 is 0 Å². The predicted molar refractivity (Wildman–Crippen MR) is 77.9 cm³/mol. The van der Waals surface area contributed by atoms with Gasteiger partial charge in [-0.25, -0.2) is 0 Å². The van der Waals surface area contributed by atoms with Gasteiger partial charge in [-0.15, -0.1) is 0 Å². The van der Waals surface area contributed by atoms with Crippen LogP contribution in [-0.2, 0) is 9.68 Å². The monoisotopic (exact) mass is 289 g/mol. The van der Waals surface area contributed by atoms with Crippen LogP contribution in [-0.4, -0.2) is 47.9 Å². The van der Waals surface area contributed by atoms with Crippen LogP contribution in [0.25, 0.3) is 0 Å². The van der Waals surface area contributed by atoms with Crippen molar-refractivity contribution < 1.29 is 19.9 Å². The molecule has 120 valence electrons. The molecule has 1 fully saturated rings. The Kier molecular flexibility index (Phi) is 11.2. The number of aliphatic hydroxyl groups is 2. The van der Waals surface area contributed by atoms with Gasteiger partial charge in [0.05, 0.1) is 19.3 Å². The minimum Gasteiger partial charge on any atom is -0.396 e. The summed E-state index contributed by atoms with van der Waals surface area (Å²) in [6, 6.07) is 0.394. The molecule has 0 saturated heterocycles. The molecule has 0 atom stereocenters. The fourth-order valence-corrected chi connectivity index (χ4v) is 2.45. The molecule has 0 aromatic rings. The summed E-state index contributed by atoms with van der Waals surface area (Å²) in [5, 5.41) is 19.2. The smallest absolute Gasteiger partial charge is 0.0711 e. The van der Waals surface area contributed by atoms with Gasteiger partial charge >= 0.3 is 0 Å². The van der Waals surface area contributed by atoms with E-state index in [1.807, 2.05) is 0 Å². The number of unbranched alkanes of at least 4 members (excludes halogenated alkanes) is 4. The van der Waals surface area contributed by atoms with Crippen molar-refractivity contribution in [2.45, 2.75) is 70.3 Å². The van der Waals surface area contributed by atoms with Crippen LogP contribution in [0.1, 0.15) is 64.2 Å². The fourth-order valence-electron chi connectivity index (χ4n) is 2.45. The number of rotatable bonds is 13. The molecule has 20 heavy (non-hydrogen) atoms. The van der Waals surface area contributed by atoms with Crippen LogP contribution in [0.2, 0.25) is 0 Å². The molecule has 0 aromatic heterocycles. The lowest BCUT2D eigenvalue weighted by Crippen LogP contribution is -2.34. The standard InChI is InChI=1S/C15H31NO4/c17-11-5-1-7-13-19-16(15-9-3-4-10-15)20-14-8-2-6-12-18/h15,17-18H,1-14H2. The molecule has 0 amide bonds. The Balaban J connectivity index is 2.14. The van der Waals surface area contributed by atoms with E-state index in [4.69, 9.17) is 19.9 Å². The van der Waals surface area contributed by atoms with Crippen LogP contribution in [0.15, 0.2) is 0 Å². The Hall–Kier alpha value is -0.200. The van der Waals surface area contributed by atoms with Crippen molar-refractivity contribution in [3.05, 3.63) is 0 Å².